The average Bonchev–Trinajstić information content (AvgIpc) is 2.56. The molecule has 0 bridgehead atoms. The molecule has 10 heavy (non-hydrogen) atoms. The maximum Gasteiger partial charge on any atom is 0.0681 e. The number of hydrogen-bond acceptors (Lipinski definition) is 1. The molecule has 1 heteroatoms. The fourth-order valence-electron chi connectivity index (χ4n) is 3.11. The zero-order valence-electron chi connectivity index (χ0n) is 6.38. The van der Waals surface area contributed by atoms with Gasteiger partial charge in [0, 0.05) is 0 Å². The standard InChI is InChI=1S/C9H14O/c1-9(10)7-3-5(7)2-6-4-8(6)9/h5-8,10H,2-4H2,1H3/t5-,6-,7+,8+/m0/s1. The zero-order valence-corrected chi connectivity index (χ0v) is 6.38. The molecule has 3 rings (SSSR count). The molecule has 3 aliphatic rings. The smallest absolute Gasteiger partial charge is 0.0681 e. The van der Waals surface area contributed by atoms with E-state index in [1.54, 1.807) is 0 Å². The fourth-order valence-corrected chi connectivity index (χ4v) is 3.11. The van der Waals surface area contributed by atoms with Crippen molar-refractivity contribution >= 4 is 0 Å². The van der Waals surface area contributed by atoms with E-state index in [9.17, 15) is 5.11 Å². The van der Waals surface area contributed by atoms with E-state index in [-0.39, 0.29) is 5.60 Å². The normalized spacial score (nSPS) is 70.2. The summed E-state index contributed by atoms with van der Waals surface area (Å²) in [5, 5.41) is 9.99. The van der Waals surface area contributed by atoms with Gasteiger partial charge in [-0.25, -0.2) is 0 Å². The van der Waals surface area contributed by atoms with Crippen LogP contribution in [0, 0.1) is 23.7 Å². The lowest BCUT2D eigenvalue weighted by Crippen LogP contribution is -2.33. The minimum absolute atomic E-state index is 0.256. The number of aliphatic hydroxyl groups is 1. The third kappa shape index (κ3) is 0.493. The van der Waals surface area contributed by atoms with Crippen LogP contribution >= 0.6 is 0 Å². The van der Waals surface area contributed by atoms with Crippen molar-refractivity contribution in [2.24, 2.45) is 23.7 Å². The van der Waals surface area contributed by atoms with Gasteiger partial charge in [-0.1, -0.05) is 0 Å². The van der Waals surface area contributed by atoms with Crippen LogP contribution in [-0.4, -0.2) is 10.7 Å². The predicted octanol–water partition coefficient (Wildman–Crippen LogP) is 1.41. The summed E-state index contributed by atoms with van der Waals surface area (Å²) in [5.74, 6) is 3.21. The summed E-state index contributed by atoms with van der Waals surface area (Å²) in [7, 11) is 0. The van der Waals surface area contributed by atoms with Crippen LogP contribution in [0.3, 0.4) is 0 Å². The zero-order chi connectivity index (χ0) is 6.93. The molecule has 3 saturated carbocycles. The van der Waals surface area contributed by atoms with Crippen molar-refractivity contribution in [1.29, 1.82) is 0 Å². The number of hydrogen-bond donors (Lipinski definition) is 1. The lowest BCUT2D eigenvalue weighted by molar-refractivity contribution is -0.00757. The fraction of sp³-hybridized carbons (Fsp3) is 1.00. The molecule has 0 radical (unpaired) electrons. The quantitative estimate of drug-likeness (QED) is 0.536. The molecule has 0 saturated heterocycles. The molecule has 0 aromatic rings. The Morgan fingerprint density at radius 3 is 2.10 bits per heavy atom. The Bertz CT molecular complexity index is 167. The minimum atomic E-state index is -0.256. The van der Waals surface area contributed by atoms with Crippen LogP contribution in [0.15, 0.2) is 0 Å². The summed E-state index contributed by atoms with van der Waals surface area (Å²) in [6, 6.07) is 0. The Morgan fingerprint density at radius 2 is 1.60 bits per heavy atom. The second-order valence-corrected chi connectivity index (χ2v) is 4.67. The first-order valence-electron chi connectivity index (χ1n) is 4.42. The number of fused-ring (bicyclic) bond motifs is 2. The molecule has 0 amide bonds. The van der Waals surface area contributed by atoms with E-state index in [1.807, 2.05) is 0 Å². The van der Waals surface area contributed by atoms with Crippen LogP contribution in [0.2, 0.25) is 0 Å². The highest BCUT2D eigenvalue weighted by Gasteiger charge is 2.65. The van der Waals surface area contributed by atoms with E-state index in [0.29, 0.717) is 11.8 Å². The SMILES string of the molecule is CC1(O)[C@@H]2C[C@@H]2C[C@H]2C[C@H]21. The molecule has 4 atom stereocenters. The Hall–Kier alpha value is -0.0400. The lowest BCUT2D eigenvalue weighted by atomic mass is 9.86. The van der Waals surface area contributed by atoms with E-state index in [2.05, 4.69) is 6.92 Å². The van der Waals surface area contributed by atoms with Crippen molar-refractivity contribution in [2.75, 3.05) is 0 Å². The first-order chi connectivity index (χ1) is 4.69. The highest BCUT2D eigenvalue weighted by atomic mass is 16.3. The molecule has 0 aromatic carbocycles. The van der Waals surface area contributed by atoms with Gasteiger partial charge in [0.25, 0.3) is 0 Å². The van der Waals surface area contributed by atoms with E-state index < -0.39 is 0 Å². The molecule has 3 aliphatic carbocycles. The summed E-state index contributed by atoms with van der Waals surface area (Å²) in [6.45, 7) is 2.06. The van der Waals surface area contributed by atoms with Crippen molar-refractivity contribution in [3.8, 4) is 0 Å². The Morgan fingerprint density at radius 1 is 1.10 bits per heavy atom. The van der Waals surface area contributed by atoms with Gasteiger partial charge in [-0.05, 0) is 49.9 Å². The second-order valence-electron chi connectivity index (χ2n) is 4.67. The van der Waals surface area contributed by atoms with Crippen molar-refractivity contribution in [1.82, 2.24) is 0 Å². The average molecular weight is 138 g/mol. The van der Waals surface area contributed by atoms with Crippen LogP contribution < -0.4 is 0 Å². The third-order valence-corrected chi connectivity index (χ3v) is 3.95. The predicted molar refractivity (Wildman–Crippen MR) is 38.4 cm³/mol. The van der Waals surface area contributed by atoms with Crippen molar-refractivity contribution in [3.63, 3.8) is 0 Å². The largest absolute Gasteiger partial charge is 0.390 e. The topological polar surface area (TPSA) is 20.2 Å². The molecule has 3 fully saturated rings. The van der Waals surface area contributed by atoms with Gasteiger partial charge in [0.2, 0.25) is 0 Å². The molecule has 0 unspecified atom stereocenters. The first-order valence-corrected chi connectivity index (χ1v) is 4.42. The van der Waals surface area contributed by atoms with Gasteiger partial charge in [0.05, 0.1) is 5.60 Å². The maximum absolute atomic E-state index is 9.99. The molecule has 1 nitrogen and oxygen atoms in total. The van der Waals surface area contributed by atoms with Gasteiger partial charge < -0.3 is 5.11 Å². The van der Waals surface area contributed by atoms with E-state index in [4.69, 9.17) is 0 Å². The summed E-state index contributed by atoms with van der Waals surface area (Å²) < 4.78 is 0. The van der Waals surface area contributed by atoms with Crippen LogP contribution in [-0.2, 0) is 0 Å². The highest BCUT2D eigenvalue weighted by Crippen LogP contribution is 2.67. The minimum Gasteiger partial charge on any atom is -0.390 e. The van der Waals surface area contributed by atoms with Crippen LogP contribution in [0.4, 0.5) is 0 Å². The van der Waals surface area contributed by atoms with Crippen molar-refractivity contribution < 1.29 is 5.11 Å². The second kappa shape index (κ2) is 1.29. The molecule has 56 valence electrons. The van der Waals surface area contributed by atoms with E-state index in [0.717, 1.165) is 11.8 Å². The van der Waals surface area contributed by atoms with Gasteiger partial charge in [0.15, 0.2) is 0 Å². The van der Waals surface area contributed by atoms with Crippen molar-refractivity contribution in [2.45, 2.75) is 31.8 Å². The van der Waals surface area contributed by atoms with E-state index in [1.165, 1.54) is 19.3 Å². The van der Waals surface area contributed by atoms with E-state index >= 15 is 0 Å². The molecule has 0 spiro atoms. The molecule has 0 aliphatic heterocycles. The lowest BCUT2D eigenvalue weighted by Gasteiger charge is -2.27. The Labute approximate surface area is 61.4 Å². The summed E-state index contributed by atoms with van der Waals surface area (Å²) >= 11 is 0. The molecule has 0 heterocycles. The van der Waals surface area contributed by atoms with Crippen LogP contribution in [0.5, 0.6) is 0 Å². The molecule has 1 N–H and O–H groups in total. The number of rotatable bonds is 0. The first kappa shape index (κ1) is 5.59. The van der Waals surface area contributed by atoms with Gasteiger partial charge in [-0.2, -0.15) is 0 Å². The Kier molecular flexibility index (Phi) is 0.722. The van der Waals surface area contributed by atoms with Crippen molar-refractivity contribution in [3.05, 3.63) is 0 Å². The summed E-state index contributed by atoms with van der Waals surface area (Å²) in [4.78, 5) is 0. The van der Waals surface area contributed by atoms with Gasteiger partial charge in [-0.3, -0.25) is 0 Å². The highest BCUT2D eigenvalue weighted by molar-refractivity contribution is 5.14. The third-order valence-electron chi connectivity index (χ3n) is 3.95. The Balaban J connectivity index is 1.94. The summed E-state index contributed by atoms with van der Waals surface area (Å²) in [6.07, 6.45) is 4.07. The molecular weight excluding hydrogens is 124 g/mol. The summed E-state index contributed by atoms with van der Waals surface area (Å²) in [5.41, 5.74) is -0.256. The van der Waals surface area contributed by atoms with Gasteiger partial charge in [-0.15, -0.1) is 0 Å². The van der Waals surface area contributed by atoms with Crippen LogP contribution in [0.25, 0.3) is 0 Å². The molecular formula is C9H14O. The van der Waals surface area contributed by atoms with Crippen LogP contribution in [0.1, 0.15) is 26.2 Å². The monoisotopic (exact) mass is 138 g/mol. The molecule has 0 aromatic heterocycles. The van der Waals surface area contributed by atoms with Gasteiger partial charge >= 0.3 is 0 Å². The van der Waals surface area contributed by atoms with Gasteiger partial charge in [0.1, 0.15) is 0 Å². The maximum atomic E-state index is 9.99.